The molecule has 2 aromatic rings. The molecule has 0 saturated carbocycles. The van der Waals surface area contributed by atoms with E-state index in [1.807, 2.05) is 18.5 Å². The molecule has 2 saturated heterocycles. The second-order valence-corrected chi connectivity index (χ2v) is 6.87. The normalized spacial score (nSPS) is 27.8. The minimum absolute atomic E-state index is 0.242. The summed E-state index contributed by atoms with van der Waals surface area (Å²) < 4.78 is 19.0. The molecule has 3 atom stereocenters. The van der Waals surface area contributed by atoms with Gasteiger partial charge in [-0.3, -0.25) is 0 Å². The standard InChI is InChI=1S/C17H17ClN2O3/c18-13-7-16-15(21-9-22-16)6-12(13)17-19-3-4-20(17)8-10-5-11-1-2-14(10)23-11/h3-4,6-7,10-11,14H,1-2,5,8-9H2/t10-,11-,14+/m0/s1. The lowest BCUT2D eigenvalue weighted by Gasteiger charge is -2.20. The first-order valence-corrected chi connectivity index (χ1v) is 8.42. The minimum atomic E-state index is 0.242. The van der Waals surface area contributed by atoms with Crippen molar-refractivity contribution < 1.29 is 14.2 Å². The highest BCUT2D eigenvalue weighted by Crippen LogP contribution is 2.42. The molecule has 3 aliphatic heterocycles. The lowest BCUT2D eigenvalue weighted by molar-refractivity contribution is 0.0900. The Morgan fingerprint density at radius 2 is 2.09 bits per heavy atom. The minimum Gasteiger partial charge on any atom is -0.454 e. The molecule has 5 rings (SSSR count). The van der Waals surface area contributed by atoms with Crippen molar-refractivity contribution in [1.82, 2.24) is 9.55 Å². The molecule has 0 radical (unpaired) electrons. The van der Waals surface area contributed by atoms with Gasteiger partial charge in [-0.2, -0.15) is 0 Å². The van der Waals surface area contributed by atoms with E-state index in [0.29, 0.717) is 28.9 Å². The van der Waals surface area contributed by atoms with Crippen molar-refractivity contribution in [2.75, 3.05) is 6.79 Å². The van der Waals surface area contributed by atoms with E-state index in [1.165, 1.54) is 12.8 Å². The van der Waals surface area contributed by atoms with E-state index in [9.17, 15) is 0 Å². The van der Waals surface area contributed by atoms with Gasteiger partial charge in [0.05, 0.1) is 17.2 Å². The molecule has 0 unspecified atom stereocenters. The van der Waals surface area contributed by atoms with Gasteiger partial charge >= 0.3 is 0 Å². The number of fused-ring (bicyclic) bond motifs is 3. The van der Waals surface area contributed by atoms with Gasteiger partial charge in [-0.15, -0.1) is 0 Å². The van der Waals surface area contributed by atoms with Gasteiger partial charge in [0.1, 0.15) is 5.82 Å². The molecule has 2 bridgehead atoms. The van der Waals surface area contributed by atoms with Crippen LogP contribution in [-0.2, 0) is 11.3 Å². The molecule has 0 N–H and O–H groups in total. The average Bonchev–Trinajstić information content (AvgIpc) is 3.30. The van der Waals surface area contributed by atoms with E-state index in [0.717, 1.165) is 30.1 Å². The summed E-state index contributed by atoms with van der Waals surface area (Å²) in [6.45, 7) is 1.16. The number of hydrogen-bond acceptors (Lipinski definition) is 4. The molecule has 1 aromatic heterocycles. The lowest BCUT2D eigenvalue weighted by Crippen LogP contribution is -2.21. The van der Waals surface area contributed by atoms with E-state index in [-0.39, 0.29) is 6.79 Å². The summed E-state index contributed by atoms with van der Waals surface area (Å²) in [5.74, 6) is 2.85. The maximum atomic E-state index is 6.44. The first kappa shape index (κ1) is 13.7. The molecule has 3 aliphatic rings. The van der Waals surface area contributed by atoms with Crippen LogP contribution < -0.4 is 9.47 Å². The molecule has 0 amide bonds. The number of ether oxygens (including phenoxy) is 3. The van der Waals surface area contributed by atoms with Gasteiger partial charge in [-0.05, 0) is 25.3 Å². The smallest absolute Gasteiger partial charge is 0.231 e. The molecule has 1 aromatic carbocycles. The largest absolute Gasteiger partial charge is 0.454 e. The van der Waals surface area contributed by atoms with E-state index < -0.39 is 0 Å². The third-order valence-corrected chi connectivity index (χ3v) is 5.39. The van der Waals surface area contributed by atoms with Crippen molar-refractivity contribution in [3.05, 3.63) is 29.5 Å². The van der Waals surface area contributed by atoms with Crippen LogP contribution in [0, 0.1) is 5.92 Å². The Morgan fingerprint density at radius 1 is 1.22 bits per heavy atom. The van der Waals surface area contributed by atoms with Crippen LogP contribution in [0.25, 0.3) is 11.4 Å². The number of hydrogen-bond donors (Lipinski definition) is 0. The van der Waals surface area contributed by atoms with E-state index in [4.69, 9.17) is 25.8 Å². The van der Waals surface area contributed by atoms with Crippen molar-refractivity contribution in [3.63, 3.8) is 0 Å². The number of benzene rings is 1. The van der Waals surface area contributed by atoms with Crippen molar-refractivity contribution in [2.45, 2.75) is 38.0 Å². The van der Waals surface area contributed by atoms with Gasteiger partial charge < -0.3 is 18.8 Å². The summed E-state index contributed by atoms with van der Waals surface area (Å²) in [5.41, 5.74) is 0.880. The maximum Gasteiger partial charge on any atom is 0.231 e. The van der Waals surface area contributed by atoms with Gasteiger partial charge in [-0.25, -0.2) is 4.98 Å². The summed E-state index contributed by atoms with van der Waals surface area (Å²) in [5, 5.41) is 0.630. The molecular weight excluding hydrogens is 316 g/mol. The monoisotopic (exact) mass is 332 g/mol. The van der Waals surface area contributed by atoms with Crippen LogP contribution in [0.1, 0.15) is 19.3 Å². The fraction of sp³-hybridized carbons (Fsp3) is 0.471. The Kier molecular flexibility index (Phi) is 3.06. The summed E-state index contributed by atoms with van der Waals surface area (Å²) in [6, 6.07) is 3.72. The van der Waals surface area contributed by atoms with Crippen molar-refractivity contribution in [1.29, 1.82) is 0 Å². The Balaban J connectivity index is 1.47. The van der Waals surface area contributed by atoms with Gasteiger partial charge in [-0.1, -0.05) is 11.6 Å². The quantitative estimate of drug-likeness (QED) is 0.863. The van der Waals surface area contributed by atoms with Crippen molar-refractivity contribution >= 4 is 11.6 Å². The number of rotatable bonds is 3. The van der Waals surface area contributed by atoms with Crippen LogP contribution in [0.2, 0.25) is 5.02 Å². The molecule has 0 spiro atoms. The summed E-state index contributed by atoms with van der Waals surface area (Å²) in [4.78, 5) is 4.52. The predicted molar refractivity (Wildman–Crippen MR) is 84.8 cm³/mol. The number of imidazole rings is 1. The van der Waals surface area contributed by atoms with Gasteiger partial charge in [0.15, 0.2) is 11.5 Å². The number of aromatic nitrogens is 2. The van der Waals surface area contributed by atoms with E-state index in [1.54, 1.807) is 6.07 Å². The number of nitrogens with zero attached hydrogens (tertiary/aromatic N) is 2. The molecule has 6 heteroatoms. The second kappa shape index (κ2) is 5.14. The van der Waals surface area contributed by atoms with E-state index in [2.05, 4.69) is 9.55 Å². The number of halogens is 1. The third-order valence-electron chi connectivity index (χ3n) is 5.08. The van der Waals surface area contributed by atoms with E-state index >= 15 is 0 Å². The molecule has 120 valence electrons. The topological polar surface area (TPSA) is 45.5 Å². The molecule has 0 aliphatic carbocycles. The van der Waals surface area contributed by atoms with Crippen LogP contribution in [0.4, 0.5) is 0 Å². The van der Waals surface area contributed by atoms with Gasteiger partial charge in [0, 0.05) is 36.5 Å². The highest BCUT2D eigenvalue weighted by atomic mass is 35.5. The lowest BCUT2D eigenvalue weighted by atomic mass is 9.89. The van der Waals surface area contributed by atoms with Crippen LogP contribution in [0.3, 0.4) is 0 Å². The SMILES string of the molecule is Clc1cc2c(cc1-c1nccn1C[C@@H]1C[C@@H]3CC[C@H]1O3)OCO2. The van der Waals surface area contributed by atoms with Crippen LogP contribution in [0.5, 0.6) is 11.5 Å². The third kappa shape index (κ3) is 2.22. The highest BCUT2D eigenvalue weighted by Gasteiger charge is 2.40. The molecule has 23 heavy (non-hydrogen) atoms. The van der Waals surface area contributed by atoms with Gasteiger partial charge in [0.2, 0.25) is 6.79 Å². The summed E-state index contributed by atoms with van der Waals surface area (Å²) in [6.07, 6.45) is 8.26. The molecule has 2 fully saturated rings. The summed E-state index contributed by atoms with van der Waals surface area (Å²) >= 11 is 6.44. The maximum absolute atomic E-state index is 6.44. The predicted octanol–water partition coefficient (Wildman–Crippen LogP) is 3.50. The first-order valence-electron chi connectivity index (χ1n) is 8.04. The zero-order valence-electron chi connectivity index (χ0n) is 12.6. The second-order valence-electron chi connectivity index (χ2n) is 6.46. The van der Waals surface area contributed by atoms with Crippen LogP contribution >= 0.6 is 11.6 Å². The average molecular weight is 333 g/mol. The van der Waals surface area contributed by atoms with Gasteiger partial charge in [0.25, 0.3) is 0 Å². The first-order chi connectivity index (χ1) is 11.3. The highest BCUT2D eigenvalue weighted by molar-refractivity contribution is 6.33. The Bertz CT molecular complexity index is 760. The van der Waals surface area contributed by atoms with Crippen LogP contribution in [0.15, 0.2) is 24.5 Å². The van der Waals surface area contributed by atoms with Crippen molar-refractivity contribution in [2.24, 2.45) is 5.92 Å². The Morgan fingerprint density at radius 3 is 2.87 bits per heavy atom. The fourth-order valence-corrected chi connectivity index (χ4v) is 4.22. The molecular formula is C17H17ClN2O3. The molecule has 5 nitrogen and oxygen atoms in total. The van der Waals surface area contributed by atoms with Crippen molar-refractivity contribution in [3.8, 4) is 22.9 Å². The Hall–Kier alpha value is -1.72. The fourth-order valence-electron chi connectivity index (χ4n) is 3.98. The zero-order chi connectivity index (χ0) is 15.4. The zero-order valence-corrected chi connectivity index (χ0v) is 13.3. The Labute approximate surface area is 139 Å². The van der Waals surface area contributed by atoms with Crippen LogP contribution in [-0.4, -0.2) is 28.6 Å². The molecule has 4 heterocycles. The summed E-state index contributed by atoms with van der Waals surface area (Å²) in [7, 11) is 0.